The van der Waals surface area contributed by atoms with Crippen molar-refractivity contribution in [3.05, 3.63) is 113 Å². The number of hydrogen-bond donors (Lipinski definition) is 2. The van der Waals surface area contributed by atoms with Gasteiger partial charge in [0.1, 0.15) is 5.60 Å². The average molecular weight is 665 g/mol. The highest BCUT2D eigenvalue weighted by Crippen LogP contribution is 2.39. The van der Waals surface area contributed by atoms with Gasteiger partial charge in [0.15, 0.2) is 0 Å². The Bertz CT molecular complexity index is 1640. The summed E-state index contributed by atoms with van der Waals surface area (Å²) in [5, 5.41) is 12.5. The summed E-state index contributed by atoms with van der Waals surface area (Å²) >= 11 is 6.36. The molecule has 46 heavy (non-hydrogen) atoms. The number of carbonyl (C=O) groups is 2. The largest absolute Gasteiger partial charge is 0.383 e. The van der Waals surface area contributed by atoms with Crippen molar-refractivity contribution in [2.75, 3.05) is 46.3 Å². The van der Waals surface area contributed by atoms with Crippen LogP contribution in [-0.2, 0) is 26.8 Å². The predicted molar refractivity (Wildman–Crippen MR) is 179 cm³/mol. The molecule has 2 atom stereocenters. The molecule has 0 saturated carbocycles. The summed E-state index contributed by atoms with van der Waals surface area (Å²) in [6, 6.07) is 22.9. The van der Waals surface area contributed by atoms with Gasteiger partial charge < -0.3 is 19.8 Å². The fourth-order valence-corrected chi connectivity index (χ4v) is 7.57. The Hall–Kier alpha value is -3.54. The van der Waals surface area contributed by atoms with Crippen molar-refractivity contribution in [3.8, 4) is 0 Å². The molecule has 2 saturated heterocycles. The van der Waals surface area contributed by atoms with Gasteiger partial charge in [-0.1, -0.05) is 72.3 Å². The fourth-order valence-electron chi connectivity index (χ4n) is 6.62. The van der Waals surface area contributed by atoms with Crippen LogP contribution in [-0.4, -0.2) is 92.4 Å². The van der Waals surface area contributed by atoms with Crippen LogP contribution in [0, 0.1) is 5.92 Å². The minimum atomic E-state index is -3.55. The number of sulfonamides is 1. The minimum absolute atomic E-state index is 0.0283. The van der Waals surface area contributed by atoms with E-state index in [1.807, 2.05) is 35.2 Å². The lowest BCUT2D eigenvalue weighted by Gasteiger charge is -2.40. The molecule has 2 aliphatic heterocycles. The highest BCUT2D eigenvalue weighted by Gasteiger charge is 2.49. The maximum absolute atomic E-state index is 13.5. The van der Waals surface area contributed by atoms with Gasteiger partial charge in [-0.2, -0.15) is 0 Å². The maximum Gasteiger partial charge on any atom is 0.255 e. The van der Waals surface area contributed by atoms with Crippen molar-refractivity contribution >= 4 is 33.4 Å². The minimum Gasteiger partial charge on any atom is -0.383 e. The first kappa shape index (κ1) is 33.8. The highest BCUT2D eigenvalue weighted by molar-refractivity contribution is 7.89. The van der Waals surface area contributed by atoms with E-state index in [1.54, 1.807) is 47.4 Å². The third kappa shape index (κ3) is 7.37. The van der Waals surface area contributed by atoms with Crippen LogP contribution in [0.15, 0.2) is 96.4 Å². The molecule has 2 heterocycles. The molecule has 0 aliphatic carbocycles. The third-order valence-electron chi connectivity index (χ3n) is 9.19. The lowest BCUT2D eigenvalue weighted by Crippen LogP contribution is -2.50. The standard InChI is InChI=1S/C35H41ClN4O5S/c1-3-19-40(33(41)22-26-13-15-30(16-14-26)46(44,45)37-2)29-17-20-38(21-18-29)23-28-24-39(34(42)31-11-7-8-12-32(31)36)25-35(28,43)27-9-5-4-6-10-27/h3-16,28-29,37,43H,1,17-25H2,2H3. The Labute approximate surface area is 276 Å². The van der Waals surface area contributed by atoms with Crippen LogP contribution >= 0.6 is 11.6 Å². The van der Waals surface area contributed by atoms with Gasteiger partial charge in [0, 0.05) is 44.7 Å². The predicted octanol–water partition coefficient (Wildman–Crippen LogP) is 3.93. The summed E-state index contributed by atoms with van der Waals surface area (Å²) in [5.41, 5.74) is 0.724. The second-order valence-electron chi connectivity index (χ2n) is 12.0. The number of nitrogens with zero attached hydrogens (tertiary/aromatic N) is 3. The second-order valence-corrected chi connectivity index (χ2v) is 14.3. The van der Waals surface area contributed by atoms with Gasteiger partial charge in [-0.3, -0.25) is 9.59 Å². The lowest BCUT2D eigenvalue weighted by atomic mass is 9.83. The monoisotopic (exact) mass is 664 g/mol. The number of amides is 2. The van der Waals surface area contributed by atoms with Crippen molar-refractivity contribution in [2.45, 2.75) is 35.8 Å². The smallest absolute Gasteiger partial charge is 0.255 e. The zero-order chi connectivity index (χ0) is 32.9. The van der Waals surface area contributed by atoms with E-state index in [2.05, 4.69) is 16.2 Å². The molecule has 11 heteroatoms. The summed E-state index contributed by atoms with van der Waals surface area (Å²) in [5.74, 6) is -0.456. The van der Waals surface area contributed by atoms with E-state index in [4.69, 9.17) is 11.6 Å². The molecule has 2 N–H and O–H groups in total. The summed E-state index contributed by atoms with van der Waals surface area (Å²) in [6.07, 6.45) is 3.42. The molecule has 0 spiro atoms. The zero-order valence-corrected chi connectivity index (χ0v) is 27.6. The van der Waals surface area contributed by atoms with Gasteiger partial charge in [0.2, 0.25) is 15.9 Å². The number of aliphatic hydroxyl groups is 1. The molecule has 3 aromatic rings. The SMILES string of the molecule is C=CCN(C(=O)Cc1ccc(S(=O)(=O)NC)cc1)C1CCN(CC2CN(C(=O)c3ccccc3Cl)CC2(O)c2ccccc2)CC1. The van der Waals surface area contributed by atoms with Gasteiger partial charge in [0.25, 0.3) is 5.91 Å². The van der Waals surface area contributed by atoms with Gasteiger partial charge in [-0.15, -0.1) is 6.58 Å². The van der Waals surface area contributed by atoms with Gasteiger partial charge >= 0.3 is 0 Å². The summed E-state index contributed by atoms with van der Waals surface area (Å²) < 4.78 is 26.4. The number of halogens is 1. The van der Waals surface area contributed by atoms with E-state index in [1.165, 1.54) is 19.2 Å². The molecule has 2 amide bonds. The molecule has 0 aromatic heterocycles. The van der Waals surface area contributed by atoms with Crippen LogP contribution in [0.25, 0.3) is 0 Å². The number of benzene rings is 3. The first-order chi connectivity index (χ1) is 22.1. The molecule has 2 unspecified atom stereocenters. The van der Waals surface area contributed by atoms with Crippen LogP contribution in [0.1, 0.15) is 34.3 Å². The number of β-amino-alcohol motifs (C(OH)–C–C–N with tert-alkyl or cyclic N) is 1. The quantitative estimate of drug-likeness (QED) is 0.301. The fraction of sp³-hybridized carbons (Fsp3) is 0.371. The van der Waals surface area contributed by atoms with Crippen molar-refractivity contribution < 1.29 is 23.1 Å². The Balaban J connectivity index is 1.24. The summed E-state index contributed by atoms with van der Waals surface area (Å²) in [6.45, 7) is 6.93. The Morgan fingerprint density at radius 3 is 2.33 bits per heavy atom. The van der Waals surface area contributed by atoms with Crippen molar-refractivity contribution in [3.63, 3.8) is 0 Å². The molecule has 2 aliphatic rings. The maximum atomic E-state index is 13.5. The number of likely N-dealkylation sites (tertiary alicyclic amines) is 2. The van der Waals surface area contributed by atoms with Crippen LogP contribution in [0.2, 0.25) is 5.02 Å². The van der Waals surface area contributed by atoms with E-state index in [0.717, 1.165) is 37.1 Å². The van der Waals surface area contributed by atoms with Crippen molar-refractivity contribution in [1.29, 1.82) is 0 Å². The van der Waals surface area contributed by atoms with Gasteiger partial charge in [-0.05, 0) is 55.3 Å². The number of hydrogen-bond acceptors (Lipinski definition) is 6. The molecule has 0 radical (unpaired) electrons. The van der Waals surface area contributed by atoms with E-state index in [9.17, 15) is 23.1 Å². The number of piperidine rings is 1. The molecule has 0 bridgehead atoms. The van der Waals surface area contributed by atoms with Crippen LogP contribution < -0.4 is 4.72 Å². The zero-order valence-electron chi connectivity index (χ0n) is 26.0. The lowest BCUT2D eigenvalue weighted by molar-refractivity contribution is -0.133. The van der Waals surface area contributed by atoms with E-state index in [-0.39, 0.29) is 41.6 Å². The van der Waals surface area contributed by atoms with E-state index < -0.39 is 15.6 Å². The first-order valence-electron chi connectivity index (χ1n) is 15.5. The van der Waals surface area contributed by atoms with Crippen molar-refractivity contribution in [2.24, 2.45) is 5.92 Å². The summed E-state index contributed by atoms with van der Waals surface area (Å²) in [7, 11) is -2.19. The van der Waals surface area contributed by atoms with Crippen LogP contribution in [0.5, 0.6) is 0 Å². The molecule has 5 rings (SSSR count). The molecule has 3 aromatic carbocycles. The van der Waals surface area contributed by atoms with Gasteiger partial charge in [-0.25, -0.2) is 13.1 Å². The summed E-state index contributed by atoms with van der Waals surface area (Å²) in [4.78, 5) is 33.0. The second kappa shape index (κ2) is 14.5. The van der Waals surface area contributed by atoms with E-state index >= 15 is 0 Å². The Kier molecular flexibility index (Phi) is 10.6. The molecule has 244 valence electrons. The van der Waals surface area contributed by atoms with E-state index in [0.29, 0.717) is 30.2 Å². The highest BCUT2D eigenvalue weighted by atomic mass is 35.5. The number of carbonyl (C=O) groups excluding carboxylic acids is 2. The average Bonchev–Trinajstić information content (AvgIpc) is 3.41. The Morgan fingerprint density at radius 2 is 1.70 bits per heavy atom. The Morgan fingerprint density at radius 1 is 1.04 bits per heavy atom. The topological polar surface area (TPSA) is 110 Å². The normalized spacial score (nSPS) is 20.8. The molecular formula is C35H41ClN4O5S. The van der Waals surface area contributed by atoms with Crippen molar-refractivity contribution in [1.82, 2.24) is 19.4 Å². The molecule has 2 fully saturated rings. The first-order valence-corrected chi connectivity index (χ1v) is 17.4. The third-order valence-corrected chi connectivity index (χ3v) is 11.0. The van der Waals surface area contributed by atoms with Gasteiger partial charge in [0.05, 0.1) is 28.4 Å². The van der Waals surface area contributed by atoms with Crippen LogP contribution in [0.3, 0.4) is 0 Å². The number of nitrogens with one attached hydrogen (secondary N) is 1. The molecule has 9 nitrogen and oxygen atoms in total. The van der Waals surface area contributed by atoms with Crippen LogP contribution in [0.4, 0.5) is 0 Å². The molecular weight excluding hydrogens is 624 g/mol. The number of rotatable bonds is 11.